The van der Waals surface area contributed by atoms with Crippen molar-refractivity contribution < 1.29 is 28.8 Å². The Labute approximate surface area is 399 Å². The predicted octanol–water partition coefficient (Wildman–Crippen LogP) is 3.68. The van der Waals surface area contributed by atoms with Crippen LogP contribution in [0.4, 0.5) is 0 Å². The molecule has 1 heterocycles. The van der Waals surface area contributed by atoms with Gasteiger partial charge < -0.3 is 60.2 Å². The van der Waals surface area contributed by atoms with E-state index in [1.807, 2.05) is 38.1 Å². The molecule has 18 nitrogen and oxygen atoms in total. The van der Waals surface area contributed by atoms with Gasteiger partial charge in [-0.2, -0.15) is 0 Å². The van der Waals surface area contributed by atoms with Gasteiger partial charge in [-0.15, -0.1) is 0 Å². The number of aromatic nitrogens is 1. The highest BCUT2D eigenvalue weighted by molar-refractivity contribution is 5.97. The number of primary amides is 1. The van der Waals surface area contributed by atoms with Crippen molar-refractivity contribution in [2.24, 2.45) is 39.6 Å². The highest BCUT2D eigenvalue weighted by atomic mass is 16.2. The van der Waals surface area contributed by atoms with E-state index >= 15 is 0 Å². The molecule has 0 spiro atoms. The van der Waals surface area contributed by atoms with Gasteiger partial charge in [-0.3, -0.25) is 33.8 Å². The Bertz CT molecular complexity index is 1800. The molecule has 0 aliphatic carbocycles. The van der Waals surface area contributed by atoms with Gasteiger partial charge in [0.05, 0.1) is 0 Å². The number of rotatable bonds is 38. The second-order valence-electron chi connectivity index (χ2n) is 17.9. The third-order valence-electron chi connectivity index (χ3n) is 12.3. The molecule has 0 aliphatic rings. The Balaban J connectivity index is 2.27. The summed E-state index contributed by atoms with van der Waals surface area (Å²) in [6.45, 7) is 6.93. The number of fused-ring (bicyclic) bond motifs is 1. The molecule has 0 radical (unpaired) electrons. The van der Waals surface area contributed by atoms with Crippen molar-refractivity contribution in [3.8, 4) is 0 Å². The molecule has 67 heavy (non-hydrogen) atoms. The van der Waals surface area contributed by atoms with Crippen molar-refractivity contribution in [2.75, 3.05) is 19.6 Å². The van der Waals surface area contributed by atoms with Gasteiger partial charge in [-0.05, 0) is 88.4 Å². The quantitative estimate of drug-likeness (QED) is 0.0264. The molecule has 0 saturated heterocycles. The second-order valence-corrected chi connectivity index (χ2v) is 17.9. The summed E-state index contributed by atoms with van der Waals surface area (Å²) in [5.41, 5.74) is 29.8. The minimum absolute atomic E-state index is 0.0560. The van der Waals surface area contributed by atoms with Crippen LogP contribution in [0.5, 0.6) is 0 Å². The maximum Gasteiger partial charge on any atom is 0.243 e. The van der Waals surface area contributed by atoms with Crippen molar-refractivity contribution in [2.45, 2.75) is 192 Å². The van der Waals surface area contributed by atoms with E-state index in [1.54, 1.807) is 6.20 Å². The number of carbonyl (C=O) groups excluding carboxylic acids is 6. The minimum atomic E-state index is -1.17. The van der Waals surface area contributed by atoms with E-state index < -0.39 is 59.7 Å². The van der Waals surface area contributed by atoms with E-state index in [0.29, 0.717) is 58.0 Å². The number of aromatic amines is 1. The molecule has 0 saturated carbocycles. The molecule has 2 rings (SSSR count). The number of nitrogens with two attached hydrogens (primary N) is 5. The van der Waals surface area contributed by atoms with Gasteiger partial charge in [0.15, 0.2) is 5.96 Å². The fourth-order valence-corrected chi connectivity index (χ4v) is 8.02. The minimum Gasteiger partial charge on any atom is -0.370 e. The lowest BCUT2D eigenvalue weighted by Gasteiger charge is -2.29. The maximum atomic E-state index is 14.3. The first-order valence-electron chi connectivity index (χ1n) is 25.1. The second kappa shape index (κ2) is 34.1. The van der Waals surface area contributed by atoms with E-state index in [2.05, 4.69) is 43.5 Å². The van der Waals surface area contributed by atoms with Crippen LogP contribution in [0.2, 0.25) is 0 Å². The summed E-state index contributed by atoms with van der Waals surface area (Å²) in [5, 5.41) is 15.1. The molecule has 16 N–H and O–H groups in total. The highest BCUT2D eigenvalue weighted by Gasteiger charge is 2.34. The van der Waals surface area contributed by atoms with Crippen LogP contribution in [0.1, 0.15) is 161 Å². The molecule has 6 atom stereocenters. The van der Waals surface area contributed by atoms with Crippen LogP contribution < -0.4 is 55.3 Å². The first-order chi connectivity index (χ1) is 32.3. The Morgan fingerprint density at radius 2 is 1.12 bits per heavy atom. The molecule has 6 amide bonds. The summed E-state index contributed by atoms with van der Waals surface area (Å²) < 4.78 is 0. The average Bonchev–Trinajstić information content (AvgIpc) is 3.71. The van der Waals surface area contributed by atoms with Gasteiger partial charge >= 0.3 is 0 Å². The van der Waals surface area contributed by atoms with Gasteiger partial charge in [0.1, 0.15) is 30.2 Å². The molecule has 1 aromatic heterocycles. The van der Waals surface area contributed by atoms with Crippen molar-refractivity contribution in [1.29, 1.82) is 0 Å². The third kappa shape index (κ3) is 23.4. The van der Waals surface area contributed by atoms with E-state index in [4.69, 9.17) is 28.7 Å². The first-order valence-corrected chi connectivity index (χ1v) is 25.1. The molecule has 0 bridgehead atoms. The molecule has 0 unspecified atom stereocenters. The van der Waals surface area contributed by atoms with Crippen molar-refractivity contribution in [3.63, 3.8) is 0 Å². The lowest BCUT2D eigenvalue weighted by atomic mass is 9.96. The number of hydrogen-bond acceptors (Lipinski definition) is 9. The van der Waals surface area contributed by atoms with Crippen molar-refractivity contribution >= 4 is 52.3 Å². The predicted molar refractivity (Wildman–Crippen MR) is 267 cm³/mol. The lowest BCUT2D eigenvalue weighted by Crippen LogP contribution is -2.60. The van der Waals surface area contributed by atoms with E-state index in [1.165, 1.54) is 44.9 Å². The molecule has 18 heteroatoms. The summed E-state index contributed by atoms with van der Waals surface area (Å²) >= 11 is 0. The number of benzene rings is 1. The maximum absolute atomic E-state index is 14.3. The smallest absolute Gasteiger partial charge is 0.243 e. The molecule has 0 aliphatic heterocycles. The fourth-order valence-electron chi connectivity index (χ4n) is 8.02. The zero-order valence-corrected chi connectivity index (χ0v) is 40.8. The number of amides is 6. The highest BCUT2D eigenvalue weighted by Crippen LogP contribution is 2.20. The van der Waals surface area contributed by atoms with E-state index in [-0.39, 0.29) is 56.4 Å². The number of hydrogen-bond donors (Lipinski definition) is 11. The number of H-pyrrole nitrogens is 1. The summed E-state index contributed by atoms with van der Waals surface area (Å²) in [4.78, 5) is 89.5. The van der Waals surface area contributed by atoms with Crippen LogP contribution >= 0.6 is 0 Å². The molecule has 1 aromatic carbocycles. The first kappa shape index (κ1) is 57.9. The largest absolute Gasteiger partial charge is 0.370 e. The van der Waals surface area contributed by atoms with Gasteiger partial charge in [0, 0.05) is 36.5 Å². The molecular weight excluding hydrogens is 853 g/mol. The molecule has 378 valence electrons. The van der Waals surface area contributed by atoms with Crippen LogP contribution in [0.3, 0.4) is 0 Å². The van der Waals surface area contributed by atoms with Crippen LogP contribution in [0.15, 0.2) is 35.5 Å². The number of aliphatic imine (C=N–C) groups is 1. The number of guanidine groups is 1. The van der Waals surface area contributed by atoms with Gasteiger partial charge in [0.25, 0.3) is 0 Å². The normalized spacial score (nSPS) is 13.9. The number of nitrogens with one attached hydrogen (secondary N) is 6. The number of carbonyl (C=O) groups is 6. The van der Waals surface area contributed by atoms with E-state index in [0.717, 1.165) is 35.7 Å². The number of nitrogens with zero attached hydrogens (tertiary/aromatic N) is 1. The summed E-state index contributed by atoms with van der Waals surface area (Å²) in [5.74, 6) is -3.85. The molecule has 2 aromatic rings. The number of para-hydroxylation sites is 1. The summed E-state index contributed by atoms with van der Waals surface area (Å²) in [6, 6.07) is 2.19. The van der Waals surface area contributed by atoms with Gasteiger partial charge in [0.2, 0.25) is 35.4 Å². The Hall–Kier alpha value is -5.23. The lowest BCUT2D eigenvalue weighted by molar-refractivity contribution is -0.136. The standard InChI is InChI=1S/C49H86N12O6/c1-4-6-7-8-9-10-11-12-13-14-15-28-42(62)57-39(27-22-31-55-49(53)54)46(65)61-43(34(3)5-2)48(67)59-40(26-19-21-30-51)45(64)60-41(32-35-33-56-37-24-17-16-23-36(35)37)47(66)58-38(44(52)63)25-18-20-29-50/h16-17,23-24,33-34,38-41,43,56H,4-15,18-22,25-32,50-51H2,1-3H3,(H2,52,63)(H,57,62)(H,58,66)(H,59,67)(H,60,64)(H,61,65)(H4,53,54,55)/t34-,38-,39-,40-,41-,43-/m0/s1. The Morgan fingerprint density at radius 3 is 1.72 bits per heavy atom. The third-order valence-corrected chi connectivity index (χ3v) is 12.3. The Kier molecular flexibility index (Phi) is 29.5. The molecule has 0 fully saturated rings. The summed E-state index contributed by atoms with van der Waals surface area (Å²) in [6.07, 6.45) is 18.5. The van der Waals surface area contributed by atoms with Gasteiger partial charge in [-0.25, -0.2) is 0 Å². The zero-order valence-electron chi connectivity index (χ0n) is 40.8. The van der Waals surface area contributed by atoms with Crippen LogP contribution in [0, 0.1) is 5.92 Å². The van der Waals surface area contributed by atoms with Crippen LogP contribution in [0.25, 0.3) is 10.9 Å². The SMILES string of the molecule is CCCCCCCCCCCCCC(=O)N[C@@H](CCCN=C(N)N)C(=O)N[C@H](C(=O)N[C@@H](CCCCN)C(=O)N[C@@H](Cc1c[nH]c2ccccc12)C(=O)N[C@@H](CCCCN)C(N)=O)[C@@H](C)CC. The van der Waals surface area contributed by atoms with Gasteiger partial charge in [-0.1, -0.05) is 110 Å². The molecular formula is C49H86N12O6. The average molecular weight is 939 g/mol. The zero-order chi connectivity index (χ0) is 49.4. The number of unbranched alkanes of at least 4 members (excludes halogenated alkanes) is 12. The van der Waals surface area contributed by atoms with Crippen LogP contribution in [-0.4, -0.2) is 96.2 Å². The van der Waals surface area contributed by atoms with E-state index in [9.17, 15) is 28.8 Å². The van der Waals surface area contributed by atoms with Crippen molar-refractivity contribution in [1.82, 2.24) is 31.6 Å². The summed E-state index contributed by atoms with van der Waals surface area (Å²) in [7, 11) is 0. The fraction of sp³-hybridized carbons (Fsp3) is 0.694. The van der Waals surface area contributed by atoms with Crippen LogP contribution in [-0.2, 0) is 35.2 Å². The van der Waals surface area contributed by atoms with Crippen molar-refractivity contribution in [3.05, 3.63) is 36.0 Å². The topological polar surface area (TPSA) is 321 Å². The Morgan fingerprint density at radius 1 is 0.597 bits per heavy atom. The monoisotopic (exact) mass is 939 g/mol.